The number of ether oxygens (including phenoxy) is 1. The van der Waals surface area contributed by atoms with Crippen LogP contribution < -0.4 is 4.74 Å². The van der Waals surface area contributed by atoms with E-state index in [1.165, 1.54) is 19.3 Å². The average Bonchev–Trinajstić information content (AvgIpc) is 2.74. The lowest BCUT2D eigenvalue weighted by Crippen LogP contribution is -2.46. The van der Waals surface area contributed by atoms with Crippen LogP contribution in [0.2, 0.25) is 0 Å². The summed E-state index contributed by atoms with van der Waals surface area (Å²) in [7, 11) is 0. The maximum atomic E-state index is 10.7. The van der Waals surface area contributed by atoms with Crippen molar-refractivity contribution in [3.05, 3.63) is 29.8 Å². The molecule has 3 atom stereocenters. The average molecular weight is 289 g/mol. The van der Waals surface area contributed by atoms with Crippen LogP contribution >= 0.6 is 0 Å². The molecule has 3 unspecified atom stereocenters. The smallest absolute Gasteiger partial charge is 0.125 e. The second kappa shape index (κ2) is 6.37. The summed E-state index contributed by atoms with van der Waals surface area (Å²) in [4.78, 5) is 2.45. The second-order valence-electron chi connectivity index (χ2n) is 6.83. The zero-order valence-electron chi connectivity index (χ0n) is 13.2. The van der Waals surface area contributed by atoms with Gasteiger partial charge in [-0.2, -0.15) is 0 Å². The number of likely N-dealkylation sites (tertiary alicyclic amines) is 1. The van der Waals surface area contributed by atoms with Gasteiger partial charge in [-0.1, -0.05) is 32.0 Å². The number of fused-ring (bicyclic) bond motifs is 1. The minimum Gasteiger partial charge on any atom is -0.491 e. The van der Waals surface area contributed by atoms with Gasteiger partial charge in [0.05, 0.1) is 6.04 Å². The molecule has 116 valence electrons. The Morgan fingerprint density at radius 2 is 2.00 bits per heavy atom. The van der Waals surface area contributed by atoms with E-state index < -0.39 is 6.10 Å². The first kappa shape index (κ1) is 14.9. The number of para-hydroxylation sites is 1. The maximum Gasteiger partial charge on any atom is 0.125 e. The van der Waals surface area contributed by atoms with E-state index in [1.807, 2.05) is 24.3 Å². The van der Waals surface area contributed by atoms with E-state index in [2.05, 4.69) is 18.7 Å². The molecule has 3 heteroatoms. The van der Waals surface area contributed by atoms with Gasteiger partial charge in [-0.15, -0.1) is 0 Å². The number of hydrogen-bond acceptors (Lipinski definition) is 3. The molecule has 3 rings (SSSR count). The lowest BCUT2D eigenvalue weighted by Gasteiger charge is -2.38. The number of aliphatic hydroxyl groups is 1. The van der Waals surface area contributed by atoms with E-state index in [9.17, 15) is 5.11 Å². The molecule has 0 radical (unpaired) electrons. The Labute approximate surface area is 127 Å². The summed E-state index contributed by atoms with van der Waals surface area (Å²) in [6.45, 7) is 7.42. The summed E-state index contributed by atoms with van der Waals surface area (Å²) in [6, 6.07) is 7.98. The topological polar surface area (TPSA) is 32.7 Å². The van der Waals surface area contributed by atoms with Gasteiger partial charge in [0.25, 0.3) is 0 Å². The SMILES string of the molecule is CC(C)C1CCCN(C2COc3ccccc3C2O)CC1. The molecule has 1 fully saturated rings. The predicted octanol–water partition coefficient (Wildman–Crippen LogP) is 3.24. The number of benzene rings is 1. The van der Waals surface area contributed by atoms with Crippen molar-refractivity contribution in [2.75, 3.05) is 19.7 Å². The van der Waals surface area contributed by atoms with Crippen molar-refractivity contribution in [1.29, 1.82) is 0 Å². The highest BCUT2D eigenvalue weighted by Crippen LogP contribution is 2.35. The van der Waals surface area contributed by atoms with Gasteiger partial charge >= 0.3 is 0 Å². The first-order valence-corrected chi connectivity index (χ1v) is 8.30. The second-order valence-corrected chi connectivity index (χ2v) is 6.83. The van der Waals surface area contributed by atoms with Gasteiger partial charge in [0.1, 0.15) is 18.5 Å². The normalized spacial score (nSPS) is 30.6. The Kier molecular flexibility index (Phi) is 4.51. The van der Waals surface area contributed by atoms with Gasteiger partial charge in [-0.3, -0.25) is 4.90 Å². The summed E-state index contributed by atoms with van der Waals surface area (Å²) in [5.74, 6) is 2.43. The number of aliphatic hydroxyl groups excluding tert-OH is 1. The van der Waals surface area contributed by atoms with Crippen LogP contribution in [0.15, 0.2) is 24.3 Å². The predicted molar refractivity (Wildman–Crippen MR) is 84.4 cm³/mol. The van der Waals surface area contributed by atoms with Gasteiger partial charge in [-0.05, 0) is 50.3 Å². The Balaban J connectivity index is 1.70. The lowest BCUT2D eigenvalue weighted by atomic mass is 9.89. The molecule has 2 aliphatic rings. The maximum absolute atomic E-state index is 10.7. The molecule has 1 aromatic carbocycles. The fraction of sp³-hybridized carbons (Fsp3) is 0.667. The van der Waals surface area contributed by atoms with Crippen LogP contribution in [0, 0.1) is 11.8 Å². The molecule has 1 aromatic rings. The molecule has 3 nitrogen and oxygen atoms in total. The fourth-order valence-corrected chi connectivity index (χ4v) is 3.78. The highest BCUT2D eigenvalue weighted by Gasteiger charge is 2.34. The van der Waals surface area contributed by atoms with E-state index in [0.717, 1.165) is 36.2 Å². The van der Waals surface area contributed by atoms with Crippen molar-refractivity contribution in [2.24, 2.45) is 11.8 Å². The summed E-state index contributed by atoms with van der Waals surface area (Å²) in [5.41, 5.74) is 0.943. The third-order valence-corrected chi connectivity index (χ3v) is 5.23. The van der Waals surface area contributed by atoms with Crippen LogP contribution in [-0.4, -0.2) is 35.7 Å². The zero-order chi connectivity index (χ0) is 14.8. The summed E-state index contributed by atoms with van der Waals surface area (Å²) in [6.07, 6.45) is 3.36. The third kappa shape index (κ3) is 3.09. The summed E-state index contributed by atoms with van der Waals surface area (Å²) in [5, 5.41) is 10.7. The monoisotopic (exact) mass is 289 g/mol. The minimum absolute atomic E-state index is 0.103. The van der Waals surface area contributed by atoms with Crippen LogP contribution in [0.4, 0.5) is 0 Å². The Morgan fingerprint density at radius 3 is 2.81 bits per heavy atom. The minimum atomic E-state index is -0.425. The molecule has 0 aromatic heterocycles. The molecular formula is C18H27NO2. The Bertz CT molecular complexity index is 474. The van der Waals surface area contributed by atoms with Crippen LogP contribution in [0.3, 0.4) is 0 Å². The van der Waals surface area contributed by atoms with Crippen LogP contribution in [0.25, 0.3) is 0 Å². The summed E-state index contributed by atoms with van der Waals surface area (Å²) >= 11 is 0. The lowest BCUT2D eigenvalue weighted by molar-refractivity contribution is 0.00421. The highest BCUT2D eigenvalue weighted by atomic mass is 16.5. The molecule has 2 heterocycles. The van der Waals surface area contributed by atoms with E-state index in [0.29, 0.717) is 6.61 Å². The zero-order valence-corrected chi connectivity index (χ0v) is 13.2. The van der Waals surface area contributed by atoms with E-state index in [4.69, 9.17) is 4.74 Å². The van der Waals surface area contributed by atoms with Gasteiger partial charge < -0.3 is 9.84 Å². The van der Waals surface area contributed by atoms with E-state index in [1.54, 1.807) is 0 Å². The van der Waals surface area contributed by atoms with Crippen molar-refractivity contribution in [3.8, 4) is 5.75 Å². The Hall–Kier alpha value is -1.06. The van der Waals surface area contributed by atoms with Crippen molar-refractivity contribution in [3.63, 3.8) is 0 Å². The molecule has 0 saturated carbocycles. The van der Waals surface area contributed by atoms with Crippen molar-refractivity contribution < 1.29 is 9.84 Å². The van der Waals surface area contributed by atoms with Gasteiger partial charge in [0.15, 0.2) is 0 Å². The molecular weight excluding hydrogens is 262 g/mol. The standard InChI is InChI=1S/C18H27NO2/c1-13(2)14-6-5-10-19(11-9-14)16-12-21-17-8-4-3-7-15(17)18(16)20/h3-4,7-8,13-14,16,18,20H,5-6,9-12H2,1-2H3. The van der Waals surface area contributed by atoms with E-state index >= 15 is 0 Å². The molecule has 2 aliphatic heterocycles. The quantitative estimate of drug-likeness (QED) is 0.907. The largest absolute Gasteiger partial charge is 0.491 e. The molecule has 1 N–H and O–H groups in total. The highest BCUT2D eigenvalue weighted by molar-refractivity contribution is 5.37. The van der Waals surface area contributed by atoms with Crippen molar-refractivity contribution >= 4 is 0 Å². The fourth-order valence-electron chi connectivity index (χ4n) is 3.78. The Morgan fingerprint density at radius 1 is 1.19 bits per heavy atom. The van der Waals surface area contributed by atoms with Gasteiger partial charge in [0.2, 0.25) is 0 Å². The first-order valence-electron chi connectivity index (χ1n) is 8.30. The molecule has 0 bridgehead atoms. The molecule has 0 spiro atoms. The van der Waals surface area contributed by atoms with Crippen LogP contribution in [-0.2, 0) is 0 Å². The number of nitrogens with zero attached hydrogens (tertiary/aromatic N) is 1. The molecule has 0 aliphatic carbocycles. The van der Waals surface area contributed by atoms with E-state index in [-0.39, 0.29) is 6.04 Å². The molecule has 1 saturated heterocycles. The number of hydrogen-bond donors (Lipinski definition) is 1. The third-order valence-electron chi connectivity index (χ3n) is 5.23. The van der Waals surface area contributed by atoms with Crippen molar-refractivity contribution in [1.82, 2.24) is 4.90 Å². The van der Waals surface area contributed by atoms with Crippen LogP contribution in [0.1, 0.15) is 44.8 Å². The van der Waals surface area contributed by atoms with Crippen molar-refractivity contribution in [2.45, 2.75) is 45.3 Å². The molecule has 21 heavy (non-hydrogen) atoms. The number of rotatable bonds is 2. The molecule has 0 amide bonds. The van der Waals surface area contributed by atoms with Gasteiger partial charge in [-0.25, -0.2) is 0 Å². The first-order chi connectivity index (χ1) is 10.2. The van der Waals surface area contributed by atoms with Gasteiger partial charge in [0, 0.05) is 5.56 Å². The summed E-state index contributed by atoms with van der Waals surface area (Å²) < 4.78 is 5.87. The van der Waals surface area contributed by atoms with Crippen LogP contribution in [0.5, 0.6) is 5.75 Å².